The second-order valence-corrected chi connectivity index (χ2v) is 7.22. The van der Waals surface area contributed by atoms with Crippen molar-refractivity contribution >= 4 is 52.0 Å². The number of thiophene rings is 1. The lowest BCUT2D eigenvalue weighted by Gasteiger charge is -2.36. The van der Waals surface area contributed by atoms with E-state index in [1.54, 1.807) is 6.07 Å². The van der Waals surface area contributed by atoms with Gasteiger partial charge in [0.2, 0.25) is 0 Å². The van der Waals surface area contributed by atoms with E-state index in [1.165, 1.54) is 17.8 Å². The minimum atomic E-state index is -0.283. The molecule has 6 heteroatoms. The normalized spacial score (nSPS) is 18.6. The van der Waals surface area contributed by atoms with Crippen molar-refractivity contribution in [3.63, 3.8) is 0 Å². The van der Waals surface area contributed by atoms with E-state index >= 15 is 0 Å². The number of halogens is 3. The van der Waals surface area contributed by atoms with Gasteiger partial charge in [0, 0.05) is 5.88 Å². The van der Waals surface area contributed by atoms with Crippen LogP contribution < -0.4 is 5.32 Å². The Bertz CT molecular complexity index is 441. The zero-order valence-electron chi connectivity index (χ0n) is 9.77. The summed E-state index contributed by atoms with van der Waals surface area (Å²) in [5, 5.41) is 3.05. The Morgan fingerprint density at radius 1 is 1.33 bits per heavy atom. The van der Waals surface area contributed by atoms with E-state index in [2.05, 4.69) is 5.32 Å². The first-order valence-electron chi connectivity index (χ1n) is 5.90. The molecule has 1 aromatic rings. The topological polar surface area (TPSA) is 29.1 Å². The van der Waals surface area contributed by atoms with Gasteiger partial charge in [-0.15, -0.1) is 22.9 Å². The summed E-state index contributed by atoms with van der Waals surface area (Å²) in [7, 11) is 0. The molecule has 1 amide bonds. The van der Waals surface area contributed by atoms with Crippen molar-refractivity contribution in [2.45, 2.75) is 37.6 Å². The molecule has 0 aromatic carbocycles. The molecule has 1 aromatic heterocycles. The lowest BCUT2D eigenvalue weighted by atomic mass is 9.83. The molecule has 1 N–H and O–H groups in total. The fourth-order valence-electron chi connectivity index (χ4n) is 2.32. The Morgan fingerprint density at radius 3 is 2.50 bits per heavy atom. The SMILES string of the molecule is O=C(NC1(CCl)CCCCC1)c1cc(Cl)sc1Cl. The fraction of sp³-hybridized carbons (Fsp3) is 0.583. The number of hydrogen-bond acceptors (Lipinski definition) is 2. The highest BCUT2D eigenvalue weighted by Gasteiger charge is 2.33. The summed E-state index contributed by atoms with van der Waals surface area (Å²) in [5.74, 6) is 0.263. The van der Waals surface area contributed by atoms with Crippen molar-refractivity contribution in [2.75, 3.05) is 5.88 Å². The third-order valence-corrected chi connectivity index (χ3v) is 5.35. The molecule has 0 unspecified atom stereocenters. The van der Waals surface area contributed by atoms with E-state index in [0.717, 1.165) is 25.7 Å². The summed E-state index contributed by atoms with van der Waals surface area (Å²) in [6, 6.07) is 1.61. The summed E-state index contributed by atoms with van der Waals surface area (Å²) in [6.07, 6.45) is 5.27. The van der Waals surface area contributed by atoms with E-state index < -0.39 is 0 Å². The van der Waals surface area contributed by atoms with Crippen molar-refractivity contribution in [1.29, 1.82) is 0 Å². The minimum absolute atomic E-state index is 0.175. The summed E-state index contributed by atoms with van der Waals surface area (Å²) in [6.45, 7) is 0. The Hall–Kier alpha value is 0.0400. The van der Waals surface area contributed by atoms with Gasteiger partial charge in [-0.1, -0.05) is 42.5 Å². The summed E-state index contributed by atoms with van der Waals surface area (Å²) < 4.78 is 0.951. The van der Waals surface area contributed by atoms with E-state index in [9.17, 15) is 4.79 Å². The third-order valence-electron chi connectivity index (χ3n) is 3.35. The number of carbonyl (C=O) groups excluding carboxylic acids is 1. The van der Waals surface area contributed by atoms with Crippen LogP contribution in [0.15, 0.2) is 6.07 Å². The predicted molar refractivity (Wildman–Crippen MR) is 78.3 cm³/mol. The Balaban J connectivity index is 2.12. The van der Waals surface area contributed by atoms with Crippen LogP contribution in [-0.4, -0.2) is 17.3 Å². The molecule has 1 heterocycles. The van der Waals surface area contributed by atoms with Crippen LogP contribution in [-0.2, 0) is 0 Å². The summed E-state index contributed by atoms with van der Waals surface area (Å²) in [5.41, 5.74) is 0.163. The van der Waals surface area contributed by atoms with Gasteiger partial charge in [0.25, 0.3) is 5.91 Å². The maximum atomic E-state index is 12.2. The predicted octanol–water partition coefficient (Wildman–Crippen LogP) is 4.73. The molecule has 0 saturated heterocycles. The molecule has 1 aliphatic rings. The van der Waals surface area contributed by atoms with Crippen molar-refractivity contribution < 1.29 is 4.79 Å². The van der Waals surface area contributed by atoms with Crippen molar-refractivity contribution in [3.05, 3.63) is 20.3 Å². The van der Waals surface area contributed by atoms with Gasteiger partial charge >= 0.3 is 0 Å². The second kappa shape index (κ2) is 6.00. The second-order valence-electron chi connectivity index (χ2n) is 4.67. The largest absolute Gasteiger partial charge is 0.345 e. The molecule has 1 fully saturated rings. The van der Waals surface area contributed by atoms with Crippen LogP contribution in [0.5, 0.6) is 0 Å². The van der Waals surface area contributed by atoms with Crippen LogP contribution in [0.25, 0.3) is 0 Å². The average molecular weight is 327 g/mol. The summed E-state index contributed by atoms with van der Waals surface area (Å²) in [4.78, 5) is 12.2. The molecular formula is C12H14Cl3NOS. The van der Waals surface area contributed by atoms with Crippen LogP contribution in [0.1, 0.15) is 42.5 Å². The average Bonchev–Trinajstić information content (AvgIpc) is 2.70. The lowest BCUT2D eigenvalue weighted by molar-refractivity contribution is 0.0885. The van der Waals surface area contributed by atoms with Crippen LogP contribution in [0, 0.1) is 0 Å². The van der Waals surface area contributed by atoms with E-state index in [0.29, 0.717) is 20.1 Å². The Morgan fingerprint density at radius 2 is 2.00 bits per heavy atom. The van der Waals surface area contributed by atoms with Gasteiger partial charge in [0.15, 0.2) is 0 Å². The molecule has 0 atom stereocenters. The van der Waals surface area contributed by atoms with Gasteiger partial charge in [0.05, 0.1) is 15.4 Å². The van der Waals surface area contributed by atoms with Gasteiger partial charge in [-0.25, -0.2) is 0 Å². The number of nitrogens with one attached hydrogen (secondary N) is 1. The molecule has 0 spiro atoms. The van der Waals surface area contributed by atoms with Crippen LogP contribution >= 0.6 is 46.1 Å². The van der Waals surface area contributed by atoms with E-state index in [1.807, 2.05) is 0 Å². The molecule has 2 nitrogen and oxygen atoms in total. The smallest absolute Gasteiger partial charge is 0.254 e. The van der Waals surface area contributed by atoms with Crippen LogP contribution in [0.2, 0.25) is 8.67 Å². The number of rotatable bonds is 3. The molecule has 1 aliphatic carbocycles. The minimum Gasteiger partial charge on any atom is -0.345 e. The lowest BCUT2D eigenvalue weighted by Crippen LogP contribution is -2.51. The zero-order valence-corrected chi connectivity index (χ0v) is 12.9. The molecule has 0 radical (unpaired) electrons. The highest BCUT2D eigenvalue weighted by molar-refractivity contribution is 7.20. The van der Waals surface area contributed by atoms with Crippen molar-refractivity contribution in [3.8, 4) is 0 Å². The molecule has 2 rings (SSSR count). The zero-order chi connectivity index (χ0) is 13.2. The Labute approximate surface area is 126 Å². The molecule has 0 bridgehead atoms. The van der Waals surface area contributed by atoms with Crippen LogP contribution in [0.3, 0.4) is 0 Å². The van der Waals surface area contributed by atoms with Gasteiger partial charge in [-0.2, -0.15) is 0 Å². The standard InChI is InChI=1S/C12H14Cl3NOS/c13-7-12(4-2-1-3-5-12)16-11(17)8-6-9(14)18-10(8)15/h6H,1-5,7H2,(H,16,17). The van der Waals surface area contributed by atoms with E-state index in [4.69, 9.17) is 34.8 Å². The van der Waals surface area contributed by atoms with Crippen molar-refractivity contribution in [1.82, 2.24) is 5.32 Å². The van der Waals surface area contributed by atoms with Gasteiger partial charge in [-0.3, -0.25) is 4.79 Å². The first-order chi connectivity index (χ1) is 8.56. The first-order valence-corrected chi connectivity index (χ1v) is 8.00. The number of hydrogen-bond donors (Lipinski definition) is 1. The first kappa shape index (κ1) is 14.4. The highest BCUT2D eigenvalue weighted by atomic mass is 35.5. The number of carbonyl (C=O) groups is 1. The maximum Gasteiger partial charge on any atom is 0.254 e. The molecule has 1 saturated carbocycles. The molecule has 100 valence electrons. The molecule has 18 heavy (non-hydrogen) atoms. The fourth-order valence-corrected chi connectivity index (χ4v) is 4.12. The van der Waals surface area contributed by atoms with Crippen molar-refractivity contribution in [2.24, 2.45) is 0 Å². The molecule has 0 aliphatic heterocycles. The monoisotopic (exact) mass is 325 g/mol. The number of amides is 1. The molecular weight excluding hydrogens is 313 g/mol. The number of alkyl halides is 1. The quantitative estimate of drug-likeness (QED) is 0.800. The Kier molecular flexibility index (Phi) is 4.81. The van der Waals surface area contributed by atoms with Gasteiger partial charge < -0.3 is 5.32 Å². The van der Waals surface area contributed by atoms with Gasteiger partial charge in [-0.05, 0) is 18.9 Å². The maximum absolute atomic E-state index is 12.2. The summed E-state index contributed by atoms with van der Waals surface area (Å²) >= 11 is 19.1. The van der Waals surface area contributed by atoms with E-state index in [-0.39, 0.29) is 11.4 Å². The van der Waals surface area contributed by atoms with Gasteiger partial charge in [0.1, 0.15) is 4.34 Å². The van der Waals surface area contributed by atoms with Crippen LogP contribution in [0.4, 0.5) is 0 Å². The third kappa shape index (κ3) is 3.13. The highest BCUT2D eigenvalue weighted by Crippen LogP contribution is 2.33.